The van der Waals surface area contributed by atoms with E-state index >= 15 is 0 Å². The van der Waals surface area contributed by atoms with Crippen LogP contribution in [0.1, 0.15) is 75.3 Å². The molecule has 4 heteroatoms. The maximum absolute atomic E-state index is 5.55. The van der Waals surface area contributed by atoms with Gasteiger partial charge in [0.25, 0.3) is 0 Å². The Labute approximate surface area is 183 Å². The fourth-order valence-corrected chi connectivity index (χ4v) is 7.02. The number of rotatable bonds is 10. The van der Waals surface area contributed by atoms with Crippen LogP contribution in [0.5, 0.6) is 5.75 Å². The lowest BCUT2D eigenvalue weighted by molar-refractivity contribution is 0.0412. The lowest BCUT2D eigenvalue weighted by Crippen LogP contribution is -2.48. The first kappa shape index (κ1) is 22.1. The Balaban J connectivity index is 1.30. The van der Waals surface area contributed by atoms with Crippen molar-refractivity contribution in [3.63, 3.8) is 0 Å². The van der Waals surface area contributed by atoms with Crippen molar-refractivity contribution in [3.8, 4) is 5.75 Å². The topological polar surface area (TPSA) is 59.3 Å². The number of ether oxygens (including phenoxy) is 1. The summed E-state index contributed by atoms with van der Waals surface area (Å²) in [6, 6.07) is 7.56. The summed E-state index contributed by atoms with van der Waals surface area (Å²) in [4.78, 5) is 0. The van der Waals surface area contributed by atoms with Crippen LogP contribution in [-0.2, 0) is 6.42 Å². The van der Waals surface area contributed by atoms with E-state index in [4.69, 9.17) is 10.5 Å². The van der Waals surface area contributed by atoms with Crippen LogP contribution in [0.4, 0.5) is 0 Å². The van der Waals surface area contributed by atoms with Gasteiger partial charge >= 0.3 is 0 Å². The molecule has 0 aliphatic heterocycles. The Morgan fingerprint density at radius 3 is 2.73 bits per heavy atom. The molecule has 1 aromatic rings. The molecule has 5 atom stereocenters. The summed E-state index contributed by atoms with van der Waals surface area (Å²) in [5.74, 6) is 3.56. The van der Waals surface area contributed by atoms with Crippen molar-refractivity contribution in [2.24, 2.45) is 23.0 Å². The van der Waals surface area contributed by atoms with E-state index in [0.717, 1.165) is 49.6 Å². The van der Waals surface area contributed by atoms with Gasteiger partial charge in [0.05, 0.1) is 7.11 Å². The van der Waals surface area contributed by atoms with E-state index in [1.165, 1.54) is 57.9 Å². The van der Waals surface area contributed by atoms with Gasteiger partial charge in [-0.05, 0) is 130 Å². The standard InChI is InChI=1S/C26H43N3O/c1-26-13-12-22-21-9-7-20(30-2)18-19(21)6-8-23(22)24(26)10-11-25(26)29-17-4-3-15-28-16-5-14-27/h7,9,18,22-25,28-29H,3-6,8,10-17,27H2,1-2H3/t22-,23-,24+,25+,26+/m1/s1. The summed E-state index contributed by atoms with van der Waals surface area (Å²) in [6.07, 6.45) is 11.7. The van der Waals surface area contributed by atoms with Crippen LogP contribution < -0.4 is 21.1 Å². The number of benzene rings is 1. The fourth-order valence-electron chi connectivity index (χ4n) is 7.02. The third-order valence-corrected chi connectivity index (χ3v) is 8.66. The fraction of sp³-hybridized carbons (Fsp3) is 0.769. The molecule has 2 fully saturated rings. The number of methoxy groups -OCH3 is 1. The smallest absolute Gasteiger partial charge is 0.119 e. The molecule has 4 N–H and O–H groups in total. The molecule has 3 aliphatic rings. The van der Waals surface area contributed by atoms with Gasteiger partial charge in [-0.1, -0.05) is 13.0 Å². The van der Waals surface area contributed by atoms with Gasteiger partial charge in [0.2, 0.25) is 0 Å². The number of hydrogen-bond acceptors (Lipinski definition) is 4. The number of fused-ring (bicyclic) bond motifs is 5. The lowest BCUT2D eigenvalue weighted by atomic mass is 9.55. The van der Waals surface area contributed by atoms with Crippen LogP contribution in [0.3, 0.4) is 0 Å². The molecule has 0 amide bonds. The van der Waals surface area contributed by atoms with Crippen molar-refractivity contribution < 1.29 is 4.74 Å². The van der Waals surface area contributed by atoms with E-state index in [-0.39, 0.29) is 0 Å². The highest BCUT2D eigenvalue weighted by Crippen LogP contribution is 2.60. The monoisotopic (exact) mass is 413 g/mol. The maximum atomic E-state index is 5.55. The molecule has 3 aliphatic carbocycles. The normalized spacial score (nSPS) is 32.4. The average Bonchev–Trinajstić information content (AvgIpc) is 3.11. The van der Waals surface area contributed by atoms with Gasteiger partial charge in [0.1, 0.15) is 5.75 Å². The van der Waals surface area contributed by atoms with Crippen LogP contribution in [0.25, 0.3) is 0 Å². The van der Waals surface area contributed by atoms with Gasteiger partial charge < -0.3 is 21.1 Å². The van der Waals surface area contributed by atoms with E-state index in [2.05, 4.69) is 35.8 Å². The van der Waals surface area contributed by atoms with E-state index in [1.807, 2.05) is 0 Å². The van der Waals surface area contributed by atoms with Crippen LogP contribution in [-0.4, -0.2) is 39.3 Å². The number of hydrogen-bond donors (Lipinski definition) is 3. The lowest BCUT2D eigenvalue weighted by Gasteiger charge is -2.51. The predicted molar refractivity (Wildman–Crippen MR) is 125 cm³/mol. The molecule has 0 spiro atoms. The first-order valence-electron chi connectivity index (χ1n) is 12.5. The second-order valence-electron chi connectivity index (χ2n) is 10.2. The van der Waals surface area contributed by atoms with Crippen LogP contribution in [0, 0.1) is 17.3 Å². The maximum Gasteiger partial charge on any atom is 0.119 e. The van der Waals surface area contributed by atoms with Crippen molar-refractivity contribution in [1.82, 2.24) is 10.6 Å². The Hall–Kier alpha value is -1.10. The number of unbranched alkanes of at least 4 members (excludes halogenated alkanes) is 1. The second kappa shape index (κ2) is 10.0. The zero-order valence-corrected chi connectivity index (χ0v) is 19.2. The summed E-state index contributed by atoms with van der Waals surface area (Å²) in [6.45, 7) is 6.75. The third kappa shape index (κ3) is 4.42. The summed E-state index contributed by atoms with van der Waals surface area (Å²) in [5.41, 5.74) is 9.22. The molecule has 1 aromatic carbocycles. The van der Waals surface area contributed by atoms with Crippen molar-refractivity contribution in [3.05, 3.63) is 29.3 Å². The average molecular weight is 414 g/mol. The highest BCUT2D eigenvalue weighted by atomic mass is 16.5. The van der Waals surface area contributed by atoms with Gasteiger partial charge in [-0.25, -0.2) is 0 Å². The molecule has 4 nitrogen and oxygen atoms in total. The molecule has 0 saturated heterocycles. The minimum atomic E-state index is 0.491. The van der Waals surface area contributed by atoms with Crippen LogP contribution in [0.2, 0.25) is 0 Å². The van der Waals surface area contributed by atoms with Crippen LogP contribution in [0.15, 0.2) is 18.2 Å². The van der Waals surface area contributed by atoms with E-state index in [1.54, 1.807) is 18.2 Å². The van der Waals surface area contributed by atoms with E-state index < -0.39 is 0 Å². The molecular formula is C26H43N3O. The largest absolute Gasteiger partial charge is 0.497 e. The van der Waals surface area contributed by atoms with Gasteiger partial charge in [-0.2, -0.15) is 0 Å². The molecule has 2 saturated carbocycles. The van der Waals surface area contributed by atoms with Gasteiger partial charge in [0.15, 0.2) is 0 Å². The van der Waals surface area contributed by atoms with Crippen molar-refractivity contribution in [1.29, 1.82) is 0 Å². The summed E-state index contributed by atoms with van der Waals surface area (Å²) >= 11 is 0. The van der Waals surface area contributed by atoms with Gasteiger partial charge in [-0.15, -0.1) is 0 Å². The first-order valence-corrected chi connectivity index (χ1v) is 12.5. The minimum absolute atomic E-state index is 0.491. The summed E-state index contributed by atoms with van der Waals surface area (Å²) < 4.78 is 5.48. The molecule has 4 rings (SSSR count). The zero-order valence-electron chi connectivity index (χ0n) is 19.2. The highest BCUT2D eigenvalue weighted by molar-refractivity contribution is 5.40. The number of aryl methyl sites for hydroxylation is 1. The SMILES string of the molecule is COc1ccc2c(c1)CC[C@@H]1[C@@H]2CC[C@]2(C)[C@@H](NCCCCNCCCN)CC[C@@H]12. The number of nitrogens with two attached hydrogens (primary N) is 1. The Kier molecular flexibility index (Phi) is 7.38. The molecular weight excluding hydrogens is 370 g/mol. The molecule has 0 bridgehead atoms. The molecule has 0 unspecified atom stereocenters. The predicted octanol–water partition coefficient (Wildman–Crippen LogP) is 4.23. The first-order chi connectivity index (χ1) is 14.7. The van der Waals surface area contributed by atoms with Crippen molar-refractivity contribution >= 4 is 0 Å². The molecule has 0 heterocycles. The minimum Gasteiger partial charge on any atom is -0.497 e. The number of nitrogens with one attached hydrogen (secondary N) is 2. The van der Waals surface area contributed by atoms with Gasteiger partial charge in [0, 0.05) is 6.04 Å². The Morgan fingerprint density at radius 2 is 1.90 bits per heavy atom. The highest BCUT2D eigenvalue weighted by Gasteiger charge is 2.54. The quantitative estimate of drug-likeness (QED) is 0.503. The Bertz CT molecular complexity index is 693. The van der Waals surface area contributed by atoms with Crippen LogP contribution >= 0.6 is 0 Å². The van der Waals surface area contributed by atoms with Gasteiger partial charge in [-0.3, -0.25) is 0 Å². The molecule has 30 heavy (non-hydrogen) atoms. The van der Waals surface area contributed by atoms with E-state index in [9.17, 15) is 0 Å². The summed E-state index contributed by atoms with van der Waals surface area (Å²) in [5, 5.41) is 7.49. The third-order valence-electron chi connectivity index (χ3n) is 8.66. The van der Waals surface area contributed by atoms with Crippen molar-refractivity contribution in [2.45, 2.75) is 76.7 Å². The second-order valence-corrected chi connectivity index (χ2v) is 10.2. The zero-order chi connectivity index (χ0) is 21.0. The summed E-state index contributed by atoms with van der Waals surface area (Å²) in [7, 11) is 1.78. The Morgan fingerprint density at radius 1 is 1.07 bits per heavy atom. The van der Waals surface area contributed by atoms with Crippen molar-refractivity contribution in [2.75, 3.05) is 33.3 Å². The molecule has 0 aromatic heterocycles. The van der Waals surface area contributed by atoms with E-state index in [0.29, 0.717) is 11.5 Å². The molecule has 0 radical (unpaired) electrons. The molecule has 168 valence electrons.